The third-order valence-electron chi connectivity index (χ3n) is 4.80. The molecular formula is C17H33IN4O3S. The minimum atomic E-state index is -2.89. The highest BCUT2D eigenvalue weighted by Gasteiger charge is 2.40. The number of rotatable bonds is 4. The van der Waals surface area contributed by atoms with E-state index in [0.717, 1.165) is 0 Å². The van der Waals surface area contributed by atoms with Crippen LogP contribution in [0, 0.1) is 5.92 Å². The summed E-state index contributed by atoms with van der Waals surface area (Å²) in [5, 5.41) is 3.26. The molecule has 9 heteroatoms. The number of hydrogen-bond acceptors (Lipinski definition) is 4. The lowest BCUT2D eigenvalue weighted by molar-refractivity contribution is -0.145. The molecule has 0 aromatic rings. The lowest BCUT2D eigenvalue weighted by atomic mass is 9.96. The number of aliphatic imine (C=N–C) groups is 1. The molecule has 0 saturated carbocycles. The smallest absolute Gasteiger partial charge is 0.242 e. The number of sulfone groups is 1. The van der Waals surface area contributed by atoms with Crippen LogP contribution in [0.15, 0.2) is 4.99 Å². The molecule has 2 fully saturated rings. The largest absolute Gasteiger partial charge is 0.357 e. The Bertz CT molecular complexity index is 634. The van der Waals surface area contributed by atoms with Crippen molar-refractivity contribution in [2.75, 3.05) is 37.7 Å². The Morgan fingerprint density at radius 3 is 2.50 bits per heavy atom. The van der Waals surface area contributed by atoms with Gasteiger partial charge in [-0.2, -0.15) is 0 Å². The highest BCUT2D eigenvalue weighted by atomic mass is 127. The van der Waals surface area contributed by atoms with Crippen LogP contribution >= 0.6 is 24.0 Å². The van der Waals surface area contributed by atoms with E-state index in [-0.39, 0.29) is 58.9 Å². The highest BCUT2D eigenvalue weighted by Crippen LogP contribution is 2.25. The van der Waals surface area contributed by atoms with Crippen LogP contribution in [0.2, 0.25) is 0 Å². The number of nitrogens with one attached hydrogen (secondary N) is 1. The summed E-state index contributed by atoms with van der Waals surface area (Å²) < 4.78 is 23.2. The maximum absolute atomic E-state index is 12.6. The van der Waals surface area contributed by atoms with Crippen molar-refractivity contribution in [3.63, 3.8) is 0 Å². The van der Waals surface area contributed by atoms with Crippen LogP contribution in [0.3, 0.4) is 0 Å². The van der Waals surface area contributed by atoms with Crippen molar-refractivity contribution in [3.05, 3.63) is 0 Å². The molecule has 1 atom stereocenters. The van der Waals surface area contributed by atoms with Crippen LogP contribution in [0.25, 0.3) is 0 Å². The van der Waals surface area contributed by atoms with E-state index in [1.165, 1.54) is 0 Å². The number of hydrogen-bond donors (Lipinski definition) is 1. The summed E-state index contributed by atoms with van der Waals surface area (Å²) in [5.74, 6) is 1.38. The highest BCUT2D eigenvalue weighted by molar-refractivity contribution is 14.0. The Balaban J connectivity index is 0.00000338. The zero-order chi connectivity index (χ0) is 18.8. The minimum Gasteiger partial charge on any atom is -0.357 e. The second-order valence-electron chi connectivity index (χ2n) is 7.99. The fraction of sp³-hybridized carbons (Fsp3) is 0.882. The molecule has 0 aromatic carbocycles. The molecule has 0 aliphatic carbocycles. The summed E-state index contributed by atoms with van der Waals surface area (Å²) >= 11 is 0. The van der Waals surface area contributed by atoms with E-state index in [1.54, 1.807) is 0 Å². The van der Waals surface area contributed by atoms with Crippen LogP contribution in [0.1, 0.15) is 41.0 Å². The molecular weight excluding hydrogens is 467 g/mol. The van der Waals surface area contributed by atoms with E-state index in [1.807, 2.05) is 30.6 Å². The minimum absolute atomic E-state index is 0. The van der Waals surface area contributed by atoms with Crippen molar-refractivity contribution in [2.24, 2.45) is 10.9 Å². The Morgan fingerprint density at radius 2 is 2.04 bits per heavy atom. The fourth-order valence-electron chi connectivity index (χ4n) is 3.97. The number of guanidine groups is 1. The van der Waals surface area contributed by atoms with Gasteiger partial charge < -0.3 is 15.1 Å². The molecule has 2 heterocycles. The average Bonchev–Trinajstić information content (AvgIpc) is 2.80. The Hall–Kier alpha value is -0.580. The summed E-state index contributed by atoms with van der Waals surface area (Å²) in [4.78, 5) is 21.2. The van der Waals surface area contributed by atoms with E-state index in [2.05, 4.69) is 24.2 Å². The van der Waals surface area contributed by atoms with Gasteiger partial charge in [-0.25, -0.2) is 8.42 Å². The van der Waals surface area contributed by atoms with Crippen LogP contribution in [-0.2, 0) is 14.6 Å². The molecule has 0 radical (unpaired) electrons. The first-order valence-electron chi connectivity index (χ1n) is 9.11. The van der Waals surface area contributed by atoms with Crippen molar-refractivity contribution >= 4 is 45.7 Å². The molecule has 152 valence electrons. The Kier molecular flexibility index (Phi) is 8.19. The van der Waals surface area contributed by atoms with E-state index in [9.17, 15) is 13.2 Å². The fourth-order valence-corrected chi connectivity index (χ4v) is 5.82. The van der Waals surface area contributed by atoms with Gasteiger partial charge in [-0.05, 0) is 47.0 Å². The number of amides is 1. The van der Waals surface area contributed by atoms with Crippen LogP contribution in [0.4, 0.5) is 0 Å². The standard InChI is InChI=1S/C17H32N4O3S.HI/c1-6-18-16(19-9-14-7-8-25(23,24)11-14)20-10-15(22)21(13(2)3)17(4,5)12-20;/h13-14H,6-12H2,1-5H3,(H,18,19);1H. The van der Waals surface area contributed by atoms with Crippen molar-refractivity contribution in [1.82, 2.24) is 15.1 Å². The lowest BCUT2D eigenvalue weighted by Crippen LogP contribution is -2.66. The van der Waals surface area contributed by atoms with Crippen LogP contribution in [-0.4, -0.2) is 79.3 Å². The maximum atomic E-state index is 12.6. The van der Waals surface area contributed by atoms with Gasteiger partial charge in [-0.15, -0.1) is 24.0 Å². The number of nitrogens with zero attached hydrogens (tertiary/aromatic N) is 3. The normalized spacial score (nSPS) is 25.4. The van der Waals surface area contributed by atoms with Crippen LogP contribution < -0.4 is 5.32 Å². The maximum Gasteiger partial charge on any atom is 0.242 e. The van der Waals surface area contributed by atoms with Gasteiger partial charge in [0.2, 0.25) is 5.91 Å². The first kappa shape index (κ1) is 23.5. The molecule has 7 nitrogen and oxygen atoms in total. The second-order valence-corrected chi connectivity index (χ2v) is 10.2. The summed E-state index contributed by atoms with van der Waals surface area (Å²) in [7, 11) is -2.89. The van der Waals surface area contributed by atoms with Crippen molar-refractivity contribution < 1.29 is 13.2 Å². The molecule has 0 aromatic heterocycles. The monoisotopic (exact) mass is 500 g/mol. The molecule has 2 aliphatic rings. The first-order valence-corrected chi connectivity index (χ1v) is 10.9. The van der Waals surface area contributed by atoms with Gasteiger partial charge in [-0.3, -0.25) is 9.79 Å². The summed E-state index contributed by atoms with van der Waals surface area (Å²) in [6, 6.07) is 0.160. The topological polar surface area (TPSA) is 82.1 Å². The molecule has 0 bridgehead atoms. The average molecular weight is 500 g/mol. The van der Waals surface area contributed by atoms with Gasteiger partial charge in [-0.1, -0.05) is 0 Å². The third kappa shape index (κ3) is 5.71. The number of piperazine rings is 1. The zero-order valence-electron chi connectivity index (χ0n) is 16.5. The van der Waals surface area contributed by atoms with Gasteiger partial charge in [0.05, 0.1) is 23.6 Å². The lowest BCUT2D eigenvalue weighted by Gasteiger charge is -2.49. The second kappa shape index (κ2) is 9.07. The van der Waals surface area contributed by atoms with E-state index < -0.39 is 9.84 Å². The number of halogens is 1. The predicted octanol–water partition coefficient (Wildman–Crippen LogP) is 1.34. The summed E-state index contributed by atoms with van der Waals surface area (Å²) in [6.45, 7) is 12.4. The van der Waals surface area contributed by atoms with E-state index >= 15 is 0 Å². The van der Waals surface area contributed by atoms with Crippen molar-refractivity contribution in [3.8, 4) is 0 Å². The zero-order valence-corrected chi connectivity index (χ0v) is 19.6. The molecule has 1 unspecified atom stereocenters. The molecule has 2 aliphatic heterocycles. The predicted molar refractivity (Wildman–Crippen MR) is 116 cm³/mol. The third-order valence-corrected chi connectivity index (χ3v) is 6.64. The molecule has 2 saturated heterocycles. The summed E-state index contributed by atoms with van der Waals surface area (Å²) in [5.41, 5.74) is -0.281. The van der Waals surface area contributed by atoms with Gasteiger partial charge in [0.15, 0.2) is 15.8 Å². The Morgan fingerprint density at radius 1 is 1.38 bits per heavy atom. The van der Waals surface area contributed by atoms with E-state index in [4.69, 9.17) is 0 Å². The van der Waals surface area contributed by atoms with Gasteiger partial charge in [0, 0.05) is 25.7 Å². The van der Waals surface area contributed by atoms with Crippen molar-refractivity contribution in [2.45, 2.75) is 52.6 Å². The molecule has 2 rings (SSSR count). The molecule has 0 spiro atoms. The van der Waals surface area contributed by atoms with Crippen molar-refractivity contribution in [1.29, 1.82) is 0 Å². The van der Waals surface area contributed by atoms with Gasteiger partial charge in [0.25, 0.3) is 0 Å². The van der Waals surface area contributed by atoms with Gasteiger partial charge in [0.1, 0.15) is 0 Å². The first-order chi connectivity index (χ1) is 11.6. The molecule has 1 amide bonds. The number of carbonyl (C=O) groups excluding carboxylic acids is 1. The Labute approximate surface area is 174 Å². The van der Waals surface area contributed by atoms with E-state index in [0.29, 0.717) is 38.6 Å². The molecule has 26 heavy (non-hydrogen) atoms. The number of carbonyl (C=O) groups is 1. The van der Waals surface area contributed by atoms with Gasteiger partial charge >= 0.3 is 0 Å². The SMILES string of the molecule is CCNC(=NCC1CCS(=O)(=O)C1)N1CC(=O)N(C(C)C)C(C)(C)C1.I. The molecule has 1 N–H and O–H groups in total. The summed E-state index contributed by atoms with van der Waals surface area (Å²) in [6.07, 6.45) is 0.677. The quantitative estimate of drug-likeness (QED) is 0.358. The van der Waals surface area contributed by atoms with Crippen LogP contribution in [0.5, 0.6) is 0 Å².